The third kappa shape index (κ3) is 4.58. The van der Waals surface area contributed by atoms with E-state index in [4.69, 9.17) is 28.2 Å². The lowest BCUT2D eigenvalue weighted by atomic mass is 10.0. The Morgan fingerprint density at radius 1 is 1.26 bits per heavy atom. The molecule has 10 heteroatoms. The molecule has 0 radical (unpaired) electrons. The van der Waals surface area contributed by atoms with Gasteiger partial charge in [-0.05, 0) is 49.2 Å². The first kappa shape index (κ1) is 22.1. The van der Waals surface area contributed by atoms with Crippen molar-refractivity contribution in [3.05, 3.63) is 57.6 Å². The molecule has 1 fully saturated rings. The topological polar surface area (TPSA) is 85.8 Å². The Bertz CT molecular complexity index is 1080. The fraction of sp³-hybridized carbons (Fsp3) is 0.286. The maximum Gasteiger partial charge on any atom is 0.241 e. The molecule has 0 aliphatic carbocycles. The molecule has 2 aromatic carbocycles. The van der Waals surface area contributed by atoms with Crippen molar-refractivity contribution < 1.29 is 9.59 Å². The molecular formula is C21H21Cl2N5O2S. The third-order valence-electron chi connectivity index (χ3n) is 5.20. The number of amides is 2. The van der Waals surface area contributed by atoms with E-state index in [-0.39, 0.29) is 29.7 Å². The summed E-state index contributed by atoms with van der Waals surface area (Å²) in [7, 11) is 0. The fourth-order valence-corrected chi connectivity index (χ4v) is 4.61. The van der Waals surface area contributed by atoms with Crippen LogP contribution in [0.3, 0.4) is 0 Å². The number of aliphatic imine (C=N–C) groups is 1. The molecule has 7 nitrogen and oxygen atoms in total. The van der Waals surface area contributed by atoms with E-state index in [0.29, 0.717) is 33.1 Å². The first-order valence-electron chi connectivity index (χ1n) is 9.69. The summed E-state index contributed by atoms with van der Waals surface area (Å²) >= 11 is 13.6. The van der Waals surface area contributed by atoms with E-state index >= 15 is 0 Å². The van der Waals surface area contributed by atoms with Gasteiger partial charge in [-0.1, -0.05) is 47.1 Å². The number of fused-ring (bicyclic) bond motifs is 1. The first-order valence-corrected chi connectivity index (χ1v) is 11.4. The lowest BCUT2D eigenvalue weighted by Crippen LogP contribution is -2.50. The summed E-state index contributed by atoms with van der Waals surface area (Å²) in [5, 5.41) is 4.43. The molecule has 0 spiro atoms. The molecule has 2 aliphatic heterocycles. The number of thioether (sulfide) groups is 1. The van der Waals surface area contributed by atoms with Crippen molar-refractivity contribution in [2.75, 3.05) is 22.5 Å². The molecule has 0 saturated carbocycles. The van der Waals surface area contributed by atoms with E-state index in [2.05, 4.69) is 16.2 Å². The number of anilines is 2. The minimum atomic E-state index is -0.371. The van der Waals surface area contributed by atoms with Crippen LogP contribution in [0.4, 0.5) is 11.4 Å². The molecule has 0 aromatic heterocycles. The lowest BCUT2D eigenvalue weighted by molar-refractivity contribution is -0.121. The van der Waals surface area contributed by atoms with Gasteiger partial charge in [-0.2, -0.15) is 0 Å². The van der Waals surface area contributed by atoms with Crippen LogP contribution in [0.5, 0.6) is 0 Å². The first-order chi connectivity index (χ1) is 14.8. The third-order valence-corrected chi connectivity index (χ3v) is 6.97. The maximum atomic E-state index is 13.3. The standard InChI is InChI=1S/C21H21Cl2N5O2S/c1-11-6-7-13(8-16(11)23)25-18(29)10-31-21-26-19-14(9-24-27-19)20(30)28(21)17-5-3-4-15(22)12(17)2/h3-8,14,19,24,27H,9-10H2,1-2H3,(H,25,29). The van der Waals surface area contributed by atoms with Crippen molar-refractivity contribution in [1.29, 1.82) is 0 Å². The van der Waals surface area contributed by atoms with E-state index in [1.54, 1.807) is 29.2 Å². The highest BCUT2D eigenvalue weighted by Crippen LogP contribution is 2.33. The molecular weight excluding hydrogens is 457 g/mol. The molecule has 2 unspecified atom stereocenters. The highest BCUT2D eigenvalue weighted by atomic mass is 35.5. The molecule has 2 atom stereocenters. The molecule has 2 aromatic rings. The summed E-state index contributed by atoms with van der Waals surface area (Å²) in [4.78, 5) is 32.1. The highest BCUT2D eigenvalue weighted by molar-refractivity contribution is 8.14. The second-order valence-electron chi connectivity index (χ2n) is 7.35. The van der Waals surface area contributed by atoms with Gasteiger partial charge in [0.2, 0.25) is 11.8 Å². The summed E-state index contributed by atoms with van der Waals surface area (Å²) in [5.74, 6) is -0.553. The average Bonchev–Trinajstić information content (AvgIpc) is 3.21. The van der Waals surface area contributed by atoms with Crippen LogP contribution in [0.1, 0.15) is 11.1 Å². The van der Waals surface area contributed by atoms with Crippen LogP contribution in [0.15, 0.2) is 41.4 Å². The SMILES string of the molecule is Cc1ccc(NC(=O)CSC2=NC3NNCC3C(=O)N2c2cccc(Cl)c2C)cc1Cl. The number of nitrogens with zero attached hydrogens (tertiary/aromatic N) is 2. The van der Waals surface area contributed by atoms with Gasteiger partial charge in [-0.25, -0.2) is 10.4 Å². The van der Waals surface area contributed by atoms with Gasteiger partial charge in [0.1, 0.15) is 6.17 Å². The Hall–Kier alpha value is -2.10. The number of hydrogen-bond donors (Lipinski definition) is 3. The Balaban J connectivity index is 1.55. The highest BCUT2D eigenvalue weighted by Gasteiger charge is 2.42. The van der Waals surface area contributed by atoms with Crippen LogP contribution in [-0.4, -0.2) is 35.4 Å². The summed E-state index contributed by atoms with van der Waals surface area (Å²) in [6.45, 7) is 4.24. The Morgan fingerprint density at radius 2 is 2.06 bits per heavy atom. The minimum absolute atomic E-state index is 0.0819. The van der Waals surface area contributed by atoms with Crippen molar-refractivity contribution in [2.24, 2.45) is 10.9 Å². The summed E-state index contributed by atoms with van der Waals surface area (Å²) in [5.41, 5.74) is 9.00. The fourth-order valence-electron chi connectivity index (χ4n) is 3.43. The van der Waals surface area contributed by atoms with Crippen molar-refractivity contribution in [3.8, 4) is 0 Å². The van der Waals surface area contributed by atoms with Gasteiger partial charge in [0.25, 0.3) is 0 Å². The molecule has 0 bridgehead atoms. The van der Waals surface area contributed by atoms with Gasteiger partial charge in [0.05, 0.1) is 17.4 Å². The van der Waals surface area contributed by atoms with Gasteiger partial charge < -0.3 is 5.32 Å². The predicted molar refractivity (Wildman–Crippen MR) is 127 cm³/mol. The van der Waals surface area contributed by atoms with E-state index in [9.17, 15) is 9.59 Å². The van der Waals surface area contributed by atoms with Gasteiger partial charge in [-0.3, -0.25) is 19.9 Å². The van der Waals surface area contributed by atoms with Crippen molar-refractivity contribution in [3.63, 3.8) is 0 Å². The number of aryl methyl sites for hydroxylation is 1. The average molecular weight is 478 g/mol. The zero-order valence-electron chi connectivity index (χ0n) is 16.9. The number of nitrogens with one attached hydrogen (secondary N) is 3. The lowest BCUT2D eigenvalue weighted by Gasteiger charge is -2.33. The maximum absolute atomic E-state index is 13.3. The zero-order chi connectivity index (χ0) is 22.1. The molecule has 162 valence electrons. The Kier molecular flexibility index (Phi) is 6.55. The van der Waals surface area contributed by atoms with Crippen LogP contribution in [0.2, 0.25) is 10.0 Å². The molecule has 4 rings (SSSR count). The Labute approximate surface area is 194 Å². The zero-order valence-corrected chi connectivity index (χ0v) is 19.2. The number of benzene rings is 2. The van der Waals surface area contributed by atoms with Crippen molar-refractivity contribution >= 4 is 63.3 Å². The van der Waals surface area contributed by atoms with Gasteiger partial charge in [0, 0.05) is 22.3 Å². The van der Waals surface area contributed by atoms with Crippen molar-refractivity contribution in [1.82, 2.24) is 10.9 Å². The molecule has 1 saturated heterocycles. The quantitative estimate of drug-likeness (QED) is 0.624. The summed E-state index contributed by atoms with van der Waals surface area (Å²) in [6.07, 6.45) is -0.371. The number of rotatable bonds is 4. The van der Waals surface area contributed by atoms with E-state index < -0.39 is 0 Å². The van der Waals surface area contributed by atoms with Crippen molar-refractivity contribution in [2.45, 2.75) is 20.0 Å². The van der Waals surface area contributed by atoms with Crippen LogP contribution >= 0.6 is 35.0 Å². The molecule has 31 heavy (non-hydrogen) atoms. The number of hydrazine groups is 1. The van der Waals surface area contributed by atoms with E-state index in [1.807, 2.05) is 26.0 Å². The second kappa shape index (κ2) is 9.18. The monoisotopic (exact) mass is 477 g/mol. The van der Waals surface area contributed by atoms with E-state index in [1.165, 1.54) is 11.8 Å². The largest absolute Gasteiger partial charge is 0.325 e. The summed E-state index contributed by atoms with van der Waals surface area (Å²) in [6, 6.07) is 10.8. The number of amidine groups is 1. The smallest absolute Gasteiger partial charge is 0.241 e. The number of hydrogen-bond acceptors (Lipinski definition) is 6. The summed E-state index contributed by atoms with van der Waals surface area (Å²) < 4.78 is 0. The van der Waals surface area contributed by atoms with Gasteiger partial charge in [0.15, 0.2) is 5.17 Å². The van der Waals surface area contributed by atoms with Crippen LogP contribution in [-0.2, 0) is 9.59 Å². The van der Waals surface area contributed by atoms with Gasteiger partial charge >= 0.3 is 0 Å². The Morgan fingerprint density at radius 3 is 2.84 bits per heavy atom. The van der Waals surface area contributed by atoms with E-state index in [0.717, 1.165) is 11.1 Å². The normalized spacial score (nSPS) is 20.5. The van der Waals surface area contributed by atoms with Crippen LogP contribution in [0.25, 0.3) is 0 Å². The van der Waals surface area contributed by atoms with Crippen LogP contribution in [0, 0.1) is 19.8 Å². The minimum Gasteiger partial charge on any atom is -0.325 e. The predicted octanol–water partition coefficient (Wildman–Crippen LogP) is 3.73. The molecule has 2 heterocycles. The van der Waals surface area contributed by atoms with Crippen LogP contribution < -0.4 is 21.1 Å². The molecule has 2 aliphatic rings. The van der Waals surface area contributed by atoms with Gasteiger partial charge in [-0.15, -0.1) is 0 Å². The second-order valence-corrected chi connectivity index (χ2v) is 9.10. The molecule has 2 amide bonds. The number of carbonyl (C=O) groups excluding carboxylic acids is 2. The molecule has 3 N–H and O–H groups in total. The number of halogens is 2. The number of carbonyl (C=O) groups is 2.